The van der Waals surface area contributed by atoms with Crippen molar-refractivity contribution in [2.45, 2.75) is 44.7 Å². The van der Waals surface area contributed by atoms with Gasteiger partial charge < -0.3 is 10.1 Å². The van der Waals surface area contributed by atoms with Crippen molar-refractivity contribution in [3.8, 4) is 0 Å². The van der Waals surface area contributed by atoms with Gasteiger partial charge in [0, 0.05) is 25.3 Å². The van der Waals surface area contributed by atoms with E-state index in [1.165, 1.54) is 25.7 Å². The Balaban J connectivity index is 1.66. The maximum absolute atomic E-state index is 5.31. The summed E-state index contributed by atoms with van der Waals surface area (Å²) in [6.07, 6.45) is 5.19. The smallest absolute Gasteiger partial charge is 0.0480 e. The van der Waals surface area contributed by atoms with Gasteiger partial charge in [-0.05, 0) is 25.2 Å². The van der Waals surface area contributed by atoms with E-state index in [0.717, 1.165) is 31.2 Å². The number of hydrogen-bond donors (Lipinski definition) is 1. The summed E-state index contributed by atoms with van der Waals surface area (Å²) in [5, 5.41) is 3.71. The van der Waals surface area contributed by atoms with Crippen molar-refractivity contribution >= 4 is 0 Å². The fourth-order valence-electron chi connectivity index (χ4n) is 2.07. The van der Waals surface area contributed by atoms with Gasteiger partial charge in [0.05, 0.1) is 0 Å². The van der Waals surface area contributed by atoms with Gasteiger partial charge in [-0.25, -0.2) is 0 Å². The molecule has 1 saturated carbocycles. The minimum Gasteiger partial charge on any atom is -0.381 e. The van der Waals surface area contributed by atoms with Crippen LogP contribution in [0.4, 0.5) is 0 Å². The van der Waals surface area contributed by atoms with Gasteiger partial charge in [0.15, 0.2) is 0 Å². The Hall–Kier alpha value is -0.0800. The molecule has 70 valence electrons. The Morgan fingerprint density at radius 2 is 2.08 bits per heavy atom. The highest BCUT2D eigenvalue weighted by atomic mass is 16.5. The monoisotopic (exact) mass is 169 g/mol. The molecule has 0 bridgehead atoms. The van der Waals surface area contributed by atoms with E-state index in [1.807, 2.05) is 0 Å². The lowest BCUT2D eigenvalue weighted by Gasteiger charge is -2.23. The molecule has 12 heavy (non-hydrogen) atoms. The lowest BCUT2D eigenvalue weighted by atomic mass is 10.1. The van der Waals surface area contributed by atoms with Gasteiger partial charge in [0.2, 0.25) is 0 Å². The third kappa shape index (κ3) is 1.99. The number of rotatable bonds is 3. The Labute approximate surface area is 74.7 Å². The highest BCUT2D eigenvalue weighted by Gasteiger charge is 2.36. The van der Waals surface area contributed by atoms with Crippen LogP contribution in [0.2, 0.25) is 0 Å². The molecule has 1 saturated heterocycles. The van der Waals surface area contributed by atoms with Gasteiger partial charge in [0.1, 0.15) is 0 Å². The van der Waals surface area contributed by atoms with E-state index in [2.05, 4.69) is 12.2 Å². The zero-order chi connectivity index (χ0) is 8.39. The first-order valence-electron chi connectivity index (χ1n) is 5.24. The highest BCUT2D eigenvalue weighted by molar-refractivity contribution is 4.94. The Bertz CT molecular complexity index is 143. The minimum absolute atomic E-state index is 0.750. The molecule has 2 nitrogen and oxygen atoms in total. The molecule has 2 aliphatic rings. The van der Waals surface area contributed by atoms with Crippen LogP contribution in [0, 0.1) is 5.92 Å². The Kier molecular flexibility index (Phi) is 2.66. The molecule has 0 aromatic rings. The number of ether oxygens (including phenoxy) is 1. The first kappa shape index (κ1) is 8.52. The molecule has 2 heteroatoms. The SMILES string of the molecule is CCC1CC1NC1CCOCC1. The van der Waals surface area contributed by atoms with Crippen molar-refractivity contribution in [3.63, 3.8) is 0 Å². The summed E-state index contributed by atoms with van der Waals surface area (Å²) >= 11 is 0. The van der Waals surface area contributed by atoms with Gasteiger partial charge in [-0.15, -0.1) is 0 Å². The number of nitrogens with one attached hydrogen (secondary N) is 1. The largest absolute Gasteiger partial charge is 0.381 e. The van der Waals surface area contributed by atoms with Crippen LogP contribution in [-0.4, -0.2) is 25.3 Å². The molecular formula is C10H19NO. The molecule has 2 fully saturated rings. The van der Waals surface area contributed by atoms with Crippen molar-refractivity contribution in [2.24, 2.45) is 5.92 Å². The van der Waals surface area contributed by atoms with Crippen molar-refractivity contribution in [1.82, 2.24) is 5.32 Å². The van der Waals surface area contributed by atoms with Crippen LogP contribution >= 0.6 is 0 Å². The normalized spacial score (nSPS) is 36.8. The second kappa shape index (κ2) is 3.75. The van der Waals surface area contributed by atoms with Crippen molar-refractivity contribution in [2.75, 3.05) is 13.2 Å². The molecule has 0 aromatic heterocycles. The first-order chi connectivity index (χ1) is 5.90. The van der Waals surface area contributed by atoms with Gasteiger partial charge in [0.25, 0.3) is 0 Å². The molecule has 0 aromatic carbocycles. The minimum atomic E-state index is 0.750. The average molecular weight is 169 g/mol. The van der Waals surface area contributed by atoms with E-state index in [9.17, 15) is 0 Å². The van der Waals surface area contributed by atoms with Crippen LogP contribution in [-0.2, 0) is 4.74 Å². The summed E-state index contributed by atoms with van der Waals surface area (Å²) < 4.78 is 5.31. The predicted octanol–water partition coefficient (Wildman–Crippen LogP) is 1.55. The summed E-state index contributed by atoms with van der Waals surface area (Å²) in [5.74, 6) is 0.979. The highest BCUT2D eigenvalue weighted by Crippen LogP contribution is 2.34. The van der Waals surface area contributed by atoms with E-state index in [1.54, 1.807) is 0 Å². The Morgan fingerprint density at radius 3 is 2.67 bits per heavy atom. The number of hydrogen-bond acceptors (Lipinski definition) is 2. The summed E-state index contributed by atoms with van der Waals surface area (Å²) in [6, 6.07) is 1.60. The molecule has 2 unspecified atom stereocenters. The quantitative estimate of drug-likeness (QED) is 0.692. The topological polar surface area (TPSA) is 21.3 Å². The molecule has 0 amide bonds. The molecule has 1 aliphatic heterocycles. The summed E-state index contributed by atoms with van der Waals surface area (Å²) in [4.78, 5) is 0. The van der Waals surface area contributed by atoms with E-state index < -0.39 is 0 Å². The second-order valence-electron chi connectivity index (χ2n) is 4.06. The van der Waals surface area contributed by atoms with E-state index in [-0.39, 0.29) is 0 Å². The van der Waals surface area contributed by atoms with Gasteiger partial charge >= 0.3 is 0 Å². The molecular weight excluding hydrogens is 150 g/mol. The maximum Gasteiger partial charge on any atom is 0.0480 e. The predicted molar refractivity (Wildman–Crippen MR) is 49.2 cm³/mol. The lowest BCUT2D eigenvalue weighted by molar-refractivity contribution is 0.0772. The standard InChI is InChI=1S/C10H19NO/c1-2-8-7-10(8)11-9-3-5-12-6-4-9/h8-11H,2-7H2,1H3. The van der Waals surface area contributed by atoms with Crippen LogP contribution in [0.5, 0.6) is 0 Å². The molecule has 0 radical (unpaired) electrons. The van der Waals surface area contributed by atoms with Gasteiger partial charge in [-0.1, -0.05) is 13.3 Å². The second-order valence-corrected chi connectivity index (χ2v) is 4.06. The zero-order valence-corrected chi connectivity index (χ0v) is 7.88. The van der Waals surface area contributed by atoms with E-state index in [0.29, 0.717) is 0 Å². The molecule has 1 N–H and O–H groups in total. The molecule has 0 spiro atoms. The molecule has 1 heterocycles. The van der Waals surface area contributed by atoms with Crippen LogP contribution < -0.4 is 5.32 Å². The Morgan fingerprint density at radius 1 is 1.33 bits per heavy atom. The average Bonchev–Trinajstić information content (AvgIpc) is 2.85. The van der Waals surface area contributed by atoms with Gasteiger partial charge in [-0.2, -0.15) is 0 Å². The fraction of sp³-hybridized carbons (Fsp3) is 1.00. The van der Waals surface area contributed by atoms with E-state index >= 15 is 0 Å². The first-order valence-corrected chi connectivity index (χ1v) is 5.24. The summed E-state index contributed by atoms with van der Waals surface area (Å²) in [7, 11) is 0. The third-order valence-corrected chi connectivity index (χ3v) is 3.12. The zero-order valence-electron chi connectivity index (χ0n) is 7.88. The van der Waals surface area contributed by atoms with Crippen LogP contribution in [0.25, 0.3) is 0 Å². The van der Waals surface area contributed by atoms with Gasteiger partial charge in [-0.3, -0.25) is 0 Å². The van der Waals surface area contributed by atoms with Crippen molar-refractivity contribution < 1.29 is 4.74 Å². The van der Waals surface area contributed by atoms with Crippen molar-refractivity contribution in [1.29, 1.82) is 0 Å². The molecule has 2 atom stereocenters. The van der Waals surface area contributed by atoms with Crippen LogP contribution in [0.15, 0.2) is 0 Å². The van der Waals surface area contributed by atoms with E-state index in [4.69, 9.17) is 4.74 Å². The molecule has 2 rings (SSSR count). The lowest BCUT2D eigenvalue weighted by Crippen LogP contribution is -2.36. The van der Waals surface area contributed by atoms with Crippen LogP contribution in [0.1, 0.15) is 32.6 Å². The fourth-order valence-corrected chi connectivity index (χ4v) is 2.07. The van der Waals surface area contributed by atoms with Crippen LogP contribution in [0.3, 0.4) is 0 Å². The van der Waals surface area contributed by atoms with Crippen molar-refractivity contribution in [3.05, 3.63) is 0 Å². The summed E-state index contributed by atoms with van der Waals surface area (Å²) in [6.45, 7) is 4.21. The third-order valence-electron chi connectivity index (χ3n) is 3.12. The molecule has 1 aliphatic carbocycles. The maximum atomic E-state index is 5.31. The summed E-state index contributed by atoms with van der Waals surface area (Å²) in [5.41, 5.74) is 0.